The van der Waals surface area contributed by atoms with Crippen LogP contribution in [-0.4, -0.2) is 12.6 Å². The molecule has 1 atom stereocenters. The fourth-order valence-electron chi connectivity index (χ4n) is 9.58. The van der Waals surface area contributed by atoms with Crippen LogP contribution in [0.15, 0.2) is 12.2 Å². The Bertz CT molecular complexity index is 848. The first-order chi connectivity index (χ1) is 31.2. The summed E-state index contributed by atoms with van der Waals surface area (Å²) in [4.78, 5) is 12.1. The van der Waals surface area contributed by atoms with Gasteiger partial charge in [-0.25, -0.2) is 0 Å². The monoisotopic (exact) mass is 885 g/mol. The van der Waals surface area contributed by atoms with Gasteiger partial charge < -0.3 is 4.74 Å². The van der Waals surface area contributed by atoms with Crippen molar-refractivity contribution in [2.45, 2.75) is 361 Å². The predicted octanol–water partition coefficient (Wildman–Crippen LogP) is 22.4. The normalized spacial score (nSPS) is 12.2. The molecule has 376 valence electrons. The van der Waals surface area contributed by atoms with Crippen molar-refractivity contribution in [2.75, 3.05) is 6.61 Å². The quantitative estimate of drug-likeness (QED) is 0.0346. The van der Waals surface area contributed by atoms with E-state index in [4.69, 9.17) is 4.74 Å². The van der Waals surface area contributed by atoms with E-state index in [1.54, 1.807) is 0 Å². The molecule has 63 heavy (non-hydrogen) atoms. The molecule has 0 aromatic heterocycles. The van der Waals surface area contributed by atoms with Gasteiger partial charge in [-0.3, -0.25) is 4.79 Å². The molecule has 1 unspecified atom stereocenters. The van der Waals surface area contributed by atoms with Crippen molar-refractivity contribution in [2.24, 2.45) is 5.92 Å². The standard InChI is InChI=1S/C61H120O2/c1-4-6-7-8-9-10-11-12-13-33-37-40-43-46-49-52-55-58-61(62)63-59-56-53-50-47-44-41-38-35-32-30-28-26-24-22-20-18-16-14-15-17-19-21-23-25-27-29-31-34-36-39-42-45-48-51-54-57-60(3)5-2/h12-13,60H,4-11,14-59H2,1-3H3. The summed E-state index contributed by atoms with van der Waals surface area (Å²) in [6, 6.07) is 0. The number of carbonyl (C=O) groups excluding carboxylic acids is 1. The predicted molar refractivity (Wildman–Crippen MR) is 285 cm³/mol. The van der Waals surface area contributed by atoms with E-state index in [1.807, 2.05) is 0 Å². The molecule has 0 saturated heterocycles. The molecule has 0 fully saturated rings. The molecule has 0 aromatic rings. The molecular formula is C61H120O2. The summed E-state index contributed by atoms with van der Waals surface area (Å²) in [6.07, 6.45) is 78.3. The lowest BCUT2D eigenvalue weighted by molar-refractivity contribution is -0.143. The van der Waals surface area contributed by atoms with Crippen LogP contribution < -0.4 is 0 Å². The topological polar surface area (TPSA) is 26.3 Å². The first-order valence-electron chi connectivity index (χ1n) is 30.0. The third kappa shape index (κ3) is 57.3. The van der Waals surface area contributed by atoms with E-state index in [-0.39, 0.29) is 5.97 Å². The summed E-state index contributed by atoms with van der Waals surface area (Å²) < 4.78 is 5.50. The van der Waals surface area contributed by atoms with E-state index >= 15 is 0 Å². The number of rotatable bonds is 56. The van der Waals surface area contributed by atoms with Crippen molar-refractivity contribution in [3.8, 4) is 0 Å². The maximum absolute atomic E-state index is 12.1. The van der Waals surface area contributed by atoms with Crippen LogP contribution in [0.1, 0.15) is 361 Å². The first kappa shape index (κ1) is 62.2. The van der Waals surface area contributed by atoms with E-state index in [9.17, 15) is 4.79 Å². The molecular weight excluding hydrogens is 765 g/mol. The minimum absolute atomic E-state index is 0.0270. The Hall–Kier alpha value is -0.790. The molecule has 0 amide bonds. The Labute approximate surface area is 399 Å². The molecule has 0 N–H and O–H groups in total. The van der Waals surface area contributed by atoms with Crippen molar-refractivity contribution < 1.29 is 9.53 Å². The molecule has 0 aromatic carbocycles. The van der Waals surface area contributed by atoms with Crippen LogP contribution in [0.2, 0.25) is 0 Å². The van der Waals surface area contributed by atoms with Crippen LogP contribution in [0.3, 0.4) is 0 Å². The van der Waals surface area contributed by atoms with Gasteiger partial charge in [-0.05, 0) is 44.4 Å². The maximum atomic E-state index is 12.1. The van der Waals surface area contributed by atoms with Crippen molar-refractivity contribution in [3.63, 3.8) is 0 Å². The first-order valence-corrected chi connectivity index (χ1v) is 30.0. The van der Waals surface area contributed by atoms with Gasteiger partial charge >= 0.3 is 5.97 Å². The zero-order chi connectivity index (χ0) is 45.5. The Kier molecular flexibility index (Phi) is 56.6. The van der Waals surface area contributed by atoms with Crippen LogP contribution in [0.25, 0.3) is 0 Å². The number of hydrogen-bond donors (Lipinski definition) is 0. The summed E-state index contributed by atoms with van der Waals surface area (Å²) in [5.74, 6) is 0.968. The van der Waals surface area contributed by atoms with E-state index in [2.05, 4.69) is 32.9 Å². The van der Waals surface area contributed by atoms with E-state index in [0.29, 0.717) is 13.0 Å². The highest BCUT2D eigenvalue weighted by atomic mass is 16.5. The molecule has 0 spiro atoms. The Morgan fingerprint density at radius 1 is 0.333 bits per heavy atom. The molecule has 0 aliphatic rings. The number of carbonyl (C=O) groups is 1. The van der Waals surface area contributed by atoms with Crippen LogP contribution in [0.5, 0.6) is 0 Å². The van der Waals surface area contributed by atoms with Crippen molar-refractivity contribution >= 4 is 5.97 Å². The minimum Gasteiger partial charge on any atom is -0.466 e. The zero-order valence-electron chi connectivity index (χ0n) is 44.2. The average molecular weight is 886 g/mol. The maximum Gasteiger partial charge on any atom is 0.305 e. The second kappa shape index (κ2) is 57.3. The second-order valence-corrected chi connectivity index (χ2v) is 20.9. The number of esters is 1. The summed E-state index contributed by atoms with van der Waals surface area (Å²) in [5, 5.41) is 0. The number of hydrogen-bond acceptors (Lipinski definition) is 2. The van der Waals surface area contributed by atoms with Crippen LogP contribution in [-0.2, 0) is 9.53 Å². The van der Waals surface area contributed by atoms with Gasteiger partial charge in [0.1, 0.15) is 0 Å². The molecule has 0 bridgehead atoms. The third-order valence-electron chi connectivity index (χ3n) is 14.4. The van der Waals surface area contributed by atoms with Crippen LogP contribution in [0.4, 0.5) is 0 Å². The van der Waals surface area contributed by atoms with Crippen molar-refractivity contribution in [1.29, 1.82) is 0 Å². The van der Waals surface area contributed by atoms with Crippen molar-refractivity contribution in [3.05, 3.63) is 12.2 Å². The highest BCUT2D eigenvalue weighted by Gasteiger charge is 2.04. The molecule has 2 nitrogen and oxygen atoms in total. The zero-order valence-corrected chi connectivity index (χ0v) is 44.2. The minimum atomic E-state index is 0.0270. The van der Waals surface area contributed by atoms with Crippen LogP contribution >= 0.6 is 0 Å². The largest absolute Gasteiger partial charge is 0.466 e. The highest BCUT2D eigenvalue weighted by molar-refractivity contribution is 5.69. The van der Waals surface area contributed by atoms with Gasteiger partial charge in [-0.15, -0.1) is 0 Å². The summed E-state index contributed by atoms with van der Waals surface area (Å²) in [7, 11) is 0. The Morgan fingerprint density at radius 3 is 0.889 bits per heavy atom. The Morgan fingerprint density at radius 2 is 0.587 bits per heavy atom. The summed E-state index contributed by atoms with van der Waals surface area (Å²) >= 11 is 0. The van der Waals surface area contributed by atoms with Gasteiger partial charge in [0.2, 0.25) is 0 Å². The molecule has 0 aliphatic carbocycles. The lowest BCUT2D eigenvalue weighted by atomic mass is 9.99. The molecule has 0 rings (SSSR count). The molecule has 0 aliphatic heterocycles. The van der Waals surface area contributed by atoms with E-state index in [1.165, 1.54) is 321 Å². The lowest BCUT2D eigenvalue weighted by Crippen LogP contribution is -2.05. The van der Waals surface area contributed by atoms with Crippen LogP contribution in [0, 0.1) is 5.92 Å². The lowest BCUT2D eigenvalue weighted by Gasteiger charge is -2.07. The van der Waals surface area contributed by atoms with Gasteiger partial charge in [-0.1, -0.05) is 328 Å². The van der Waals surface area contributed by atoms with Gasteiger partial charge in [0, 0.05) is 6.42 Å². The summed E-state index contributed by atoms with van der Waals surface area (Å²) in [6.45, 7) is 7.65. The van der Waals surface area contributed by atoms with Gasteiger partial charge in [0.05, 0.1) is 6.61 Å². The molecule has 0 heterocycles. The molecule has 2 heteroatoms. The number of unbranched alkanes of at least 4 members (excludes halogenated alkanes) is 47. The van der Waals surface area contributed by atoms with E-state index < -0.39 is 0 Å². The number of allylic oxidation sites excluding steroid dienone is 2. The third-order valence-corrected chi connectivity index (χ3v) is 14.4. The SMILES string of the molecule is CCCCCCCCC=CCCCCCCCCCC(=O)OCCCCCCCCCCCCCCCCCCCCCCCCCCCCCCCCCCCCCC(C)CC. The Balaban J connectivity index is 3.15. The summed E-state index contributed by atoms with van der Waals surface area (Å²) in [5.41, 5.74) is 0. The molecule has 0 radical (unpaired) electrons. The second-order valence-electron chi connectivity index (χ2n) is 20.9. The fourth-order valence-corrected chi connectivity index (χ4v) is 9.58. The van der Waals surface area contributed by atoms with Gasteiger partial charge in [0.25, 0.3) is 0 Å². The van der Waals surface area contributed by atoms with E-state index in [0.717, 1.165) is 18.8 Å². The fraction of sp³-hybridized carbons (Fsp3) is 0.951. The van der Waals surface area contributed by atoms with Crippen molar-refractivity contribution in [1.82, 2.24) is 0 Å². The smallest absolute Gasteiger partial charge is 0.305 e. The molecule has 0 saturated carbocycles. The number of ether oxygens (including phenoxy) is 1. The van der Waals surface area contributed by atoms with Gasteiger partial charge in [-0.2, -0.15) is 0 Å². The average Bonchev–Trinajstić information content (AvgIpc) is 3.29. The van der Waals surface area contributed by atoms with Gasteiger partial charge in [0.15, 0.2) is 0 Å². The highest BCUT2D eigenvalue weighted by Crippen LogP contribution is 2.19.